The SMILES string of the molecule is O=C(CC1CSC(NS(=O)(=O)C2CC2)=N1)Nc1ccc(-c2cncc(CO)c2)cc1. The van der Waals surface area contributed by atoms with Crippen molar-refractivity contribution in [1.29, 1.82) is 0 Å². The number of carbonyl (C=O) groups excluding carboxylic acids is 1. The number of amidine groups is 1. The van der Waals surface area contributed by atoms with Gasteiger partial charge in [0.2, 0.25) is 15.9 Å². The Kier molecular flexibility index (Phi) is 6.07. The minimum absolute atomic E-state index is 0.0688. The van der Waals surface area contributed by atoms with Crippen LogP contribution in [0.3, 0.4) is 0 Å². The Balaban J connectivity index is 1.32. The van der Waals surface area contributed by atoms with Crippen molar-refractivity contribution >= 4 is 38.5 Å². The van der Waals surface area contributed by atoms with Crippen LogP contribution in [0.25, 0.3) is 11.1 Å². The van der Waals surface area contributed by atoms with Gasteiger partial charge in [-0.2, -0.15) is 0 Å². The Morgan fingerprint density at radius 3 is 2.63 bits per heavy atom. The van der Waals surface area contributed by atoms with E-state index in [0.29, 0.717) is 29.4 Å². The Bertz CT molecular complexity index is 1070. The first kappa shape index (κ1) is 20.8. The zero-order chi connectivity index (χ0) is 21.1. The predicted octanol–water partition coefficient (Wildman–Crippen LogP) is 2.12. The van der Waals surface area contributed by atoms with E-state index in [4.69, 9.17) is 0 Å². The normalized spacial score (nSPS) is 18.7. The average Bonchev–Trinajstić information content (AvgIpc) is 3.52. The number of thioether (sulfide) groups is 1. The molecule has 8 nitrogen and oxygen atoms in total. The Morgan fingerprint density at radius 2 is 1.93 bits per heavy atom. The first-order valence-electron chi connectivity index (χ1n) is 9.60. The van der Waals surface area contributed by atoms with Crippen molar-refractivity contribution in [1.82, 2.24) is 9.71 Å². The number of aliphatic hydroxyl groups is 1. The third-order valence-corrected chi connectivity index (χ3v) is 7.79. The fourth-order valence-corrected chi connectivity index (χ4v) is 5.63. The lowest BCUT2D eigenvalue weighted by molar-refractivity contribution is -0.116. The zero-order valence-corrected chi connectivity index (χ0v) is 17.7. The molecular weight excluding hydrogens is 424 g/mol. The maximum absolute atomic E-state index is 12.4. The molecule has 1 fully saturated rings. The summed E-state index contributed by atoms with van der Waals surface area (Å²) >= 11 is 1.33. The highest BCUT2D eigenvalue weighted by Crippen LogP contribution is 2.29. The highest BCUT2D eigenvalue weighted by molar-refractivity contribution is 8.15. The fourth-order valence-electron chi connectivity index (χ4n) is 3.06. The quantitative estimate of drug-likeness (QED) is 0.599. The monoisotopic (exact) mass is 446 g/mol. The average molecular weight is 447 g/mol. The van der Waals surface area contributed by atoms with Crippen LogP contribution in [0.5, 0.6) is 0 Å². The number of hydrogen-bond acceptors (Lipinski definition) is 7. The molecule has 2 heterocycles. The molecule has 2 aromatic rings. The number of rotatable bonds is 7. The summed E-state index contributed by atoms with van der Waals surface area (Å²) in [4.78, 5) is 20.8. The molecule has 4 rings (SSSR count). The predicted molar refractivity (Wildman–Crippen MR) is 118 cm³/mol. The van der Waals surface area contributed by atoms with E-state index in [1.807, 2.05) is 18.2 Å². The van der Waals surface area contributed by atoms with E-state index in [9.17, 15) is 18.3 Å². The summed E-state index contributed by atoms with van der Waals surface area (Å²) < 4.78 is 26.5. The third kappa shape index (κ3) is 5.18. The van der Waals surface area contributed by atoms with Crippen molar-refractivity contribution in [3.63, 3.8) is 0 Å². The van der Waals surface area contributed by atoms with Gasteiger partial charge in [-0.3, -0.25) is 19.5 Å². The van der Waals surface area contributed by atoms with Crippen LogP contribution < -0.4 is 10.0 Å². The molecule has 158 valence electrons. The smallest absolute Gasteiger partial charge is 0.237 e. The second kappa shape index (κ2) is 8.75. The van der Waals surface area contributed by atoms with Crippen LogP contribution in [0.2, 0.25) is 0 Å². The molecule has 30 heavy (non-hydrogen) atoms. The molecule has 0 radical (unpaired) electrons. The molecule has 1 aliphatic heterocycles. The van der Waals surface area contributed by atoms with E-state index < -0.39 is 10.0 Å². The molecule has 1 amide bonds. The van der Waals surface area contributed by atoms with E-state index >= 15 is 0 Å². The third-order valence-electron chi connectivity index (χ3n) is 4.81. The van der Waals surface area contributed by atoms with Crippen LogP contribution in [0.15, 0.2) is 47.7 Å². The van der Waals surface area contributed by atoms with Gasteiger partial charge >= 0.3 is 0 Å². The van der Waals surface area contributed by atoms with E-state index in [-0.39, 0.29) is 30.2 Å². The van der Waals surface area contributed by atoms with Gasteiger partial charge in [-0.1, -0.05) is 23.9 Å². The summed E-state index contributed by atoms with van der Waals surface area (Å²) in [7, 11) is -3.32. The van der Waals surface area contributed by atoms with Gasteiger partial charge in [-0.05, 0) is 42.2 Å². The lowest BCUT2D eigenvalue weighted by Gasteiger charge is -2.09. The van der Waals surface area contributed by atoms with Crippen molar-refractivity contribution in [2.75, 3.05) is 11.1 Å². The standard InChI is InChI=1S/C20H22N4O4S2/c25-11-13-7-15(10-21-9-13)14-1-3-16(4-2-14)22-19(26)8-17-12-29-20(23-17)24-30(27,28)18-5-6-18/h1-4,7,9-10,17-18,25H,5-6,8,11-12H2,(H,22,26)(H,23,24). The minimum Gasteiger partial charge on any atom is -0.392 e. The lowest BCUT2D eigenvalue weighted by atomic mass is 10.1. The second-order valence-electron chi connectivity index (χ2n) is 7.32. The number of aliphatic hydroxyl groups excluding tert-OH is 1. The van der Waals surface area contributed by atoms with Gasteiger partial charge in [0.1, 0.15) is 0 Å². The summed E-state index contributed by atoms with van der Waals surface area (Å²) in [5.74, 6) is 0.399. The van der Waals surface area contributed by atoms with Gasteiger partial charge in [0.15, 0.2) is 5.17 Å². The molecule has 1 aromatic carbocycles. The van der Waals surface area contributed by atoms with Crippen molar-refractivity contribution in [2.24, 2.45) is 4.99 Å². The van der Waals surface area contributed by atoms with Crippen LogP contribution in [0, 0.1) is 0 Å². The number of nitrogens with zero attached hydrogens (tertiary/aromatic N) is 2. The molecule has 1 aliphatic carbocycles. The largest absolute Gasteiger partial charge is 0.392 e. The number of aromatic nitrogens is 1. The Hall–Kier alpha value is -2.43. The number of anilines is 1. The Labute approximate surface area is 179 Å². The summed E-state index contributed by atoms with van der Waals surface area (Å²) in [6.45, 7) is -0.0688. The molecule has 1 unspecified atom stereocenters. The molecule has 10 heteroatoms. The first-order valence-corrected chi connectivity index (χ1v) is 12.1. The second-order valence-corrected chi connectivity index (χ2v) is 10.3. The Morgan fingerprint density at radius 1 is 1.17 bits per heavy atom. The van der Waals surface area contributed by atoms with Crippen molar-refractivity contribution < 1.29 is 18.3 Å². The van der Waals surface area contributed by atoms with Crippen LogP contribution >= 0.6 is 11.8 Å². The molecule has 0 spiro atoms. The number of sulfonamides is 1. The molecule has 0 bridgehead atoms. The molecule has 1 saturated carbocycles. The van der Waals surface area contributed by atoms with Gasteiger partial charge in [0.05, 0.1) is 24.3 Å². The number of hydrogen-bond donors (Lipinski definition) is 3. The number of benzene rings is 1. The van der Waals surface area contributed by atoms with Crippen LogP contribution in [0.1, 0.15) is 24.8 Å². The number of aliphatic imine (C=N–C) groups is 1. The lowest BCUT2D eigenvalue weighted by Crippen LogP contribution is -2.30. The van der Waals surface area contributed by atoms with E-state index in [1.54, 1.807) is 24.5 Å². The van der Waals surface area contributed by atoms with Gasteiger partial charge in [0, 0.05) is 29.4 Å². The van der Waals surface area contributed by atoms with E-state index in [1.165, 1.54) is 11.8 Å². The zero-order valence-electron chi connectivity index (χ0n) is 16.1. The van der Waals surface area contributed by atoms with Crippen molar-refractivity contribution in [2.45, 2.75) is 37.2 Å². The topological polar surface area (TPSA) is 121 Å². The summed E-state index contributed by atoms with van der Waals surface area (Å²) in [6, 6.07) is 8.98. The molecule has 0 saturated heterocycles. The maximum atomic E-state index is 12.4. The van der Waals surface area contributed by atoms with Crippen LogP contribution in [0.4, 0.5) is 5.69 Å². The van der Waals surface area contributed by atoms with Gasteiger partial charge < -0.3 is 10.4 Å². The first-order chi connectivity index (χ1) is 14.4. The van der Waals surface area contributed by atoms with Gasteiger partial charge in [-0.15, -0.1) is 0 Å². The minimum atomic E-state index is -3.32. The van der Waals surface area contributed by atoms with Gasteiger partial charge in [0.25, 0.3) is 0 Å². The molecule has 3 N–H and O–H groups in total. The fraction of sp³-hybridized carbons (Fsp3) is 0.350. The number of amides is 1. The molecular formula is C20H22N4O4S2. The molecule has 2 aliphatic rings. The summed E-state index contributed by atoms with van der Waals surface area (Å²) in [6.07, 6.45) is 4.91. The molecule has 1 atom stereocenters. The summed E-state index contributed by atoms with van der Waals surface area (Å²) in [5, 5.41) is 12.2. The van der Waals surface area contributed by atoms with Crippen LogP contribution in [-0.4, -0.2) is 46.6 Å². The molecule has 1 aromatic heterocycles. The number of pyridine rings is 1. The maximum Gasteiger partial charge on any atom is 0.237 e. The van der Waals surface area contributed by atoms with Crippen molar-refractivity contribution in [3.05, 3.63) is 48.3 Å². The van der Waals surface area contributed by atoms with Crippen LogP contribution in [-0.2, 0) is 21.4 Å². The van der Waals surface area contributed by atoms with Gasteiger partial charge in [-0.25, -0.2) is 8.42 Å². The summed E-state index contributed by atoms with van der Waals surface area (Å²) in [5.41, 5.74) is 3.22. The highest BCUT2D eigenvalue weighted by atomic mass is 32.2. The highest BCUT2D eigenvalue weighted by Gasteiger charge is 2.37. The van der Waals surface area contributed by atoms with Crippen molar-refractivity contribution in [3.8, 4) is 11.1 Å². The number of nitrogens with one attached hydrogen (secondary N) is 2. The number of carbonyl (C=O) groups is 1. The van der Waals surface area contributed by atoms with E-state index in [0.717, 1.165) is 16.7 Å². The van der Waals surface area contributed by atoms with E-state index in [2.05, 4.69) is 20.0 Å².